The maximum atomic E-state index is 12.6. The molecule has 4 heteroatoms. The highest BCUT2D eigenvalue weighted by Crippen LogP contribution is 2.17. The van der Waals surface area contributed by atoms with Gasteiger partial charge in [0, 0.05) is 19.0 Å². The van der Waals surface area contributed by atoms with Gasteiger partial charge in [0.25, 0.3) is 5.91 Å². The quantitative estimate of drug-likeness (QED) is 0.166. The summed E-state index contributed by atoms with van der Waals surface area (Å²) in [6, 6.07) is 0. The van der Waals surface area contributed by atoms with E-state index < -0.39 is 0 Å². The highest BCUT2D eigenvalue weighted by atomic mass is 16.2. The lowest BCUT2D eigenvalue weighted by molar-refractivity contribution is -0.143. The van der Waals surface area contributed by atoms with Crippen LogP contribution in [0.25, 0.3) is 0 Å². The second-order valence-corrected chi connectivity index (χ2v) is 8.19. The Morgan fingerprint density at radius 3 is 1.39 bits per heavy atom. The molecule has 0 aromatic heterocycles. The zero-order valence-corrected chi connectivity index (χ0v) is 19.7. The Morgan fingerprint density at radius 1 is 0.643 bits per heavy atom. The van der Waals surface area contributed by atoms with Crippen LogP contribution in [0.15, 0.2) is 0 Å². The number of carbonyl (C=O) groups is 1. The highest BCUT2D eigenvalue weighted by Gasteiger charge is 2.21. The summed E-state index contributed by atoms with van der Waals surface area (Å²) in [7, 11) is 0. The summed E-state index contributed by atoms with van der Waals surface area (Å²) >= 11 is 0. The van der Waals surface area contributed by atoms with Gasteiger partial charge in [-0.05, 0) is 12.8 Å². The van der Waals surface area contributed by atoms with Gasteiger partial charge < -0.3 is 0 Å². The van der Waals surface area contributed by atoms with Gasteiger partial charge in [0.2, 0.25) is 0 Å². The fourth-order valence-corrected chi connectivity index (χ4v) is 3.80. The van der Waals surface area contributed by atoms with Crippen molar-refractivity contribution in [3.05, 3.63) is 0 Å². The maximum Gasteiger partial charge on any atom is 0.254 e. The Bertz CT molecular complexity index is 330. The minimum atomic E-state index is 0.135. The van der Waals surface area contributed by atoms with Crippen LogP contribution in [0.3, 0.4) is 0 Å². The van der Waals surface area contributed by atoms with Gasteiger partial charge in [-0.15, -0.1) is 0 Å². The van der Waals surface area contributed by atoms with Crippen molar-refractivity contribution in [1.29, 1.82) is 0 Å². The van der Waals surface area contributed by atoms with E-state index in [0.29, 0.717) is 0 Å². The van der Waals surface area contributed by atoms with Gasteiger partial charge >= 0.3 is 0 Å². The molecule has 0 bridgehead atoms. The van der Waals surface area contributed by atoms with Gasteiger partial charge in [0.05, 0.1) is 0 Å². The Labute approximate surface area is 176 Å². The summed E-state index contributed by atoms with van der Waals surface area (Å²) in [5.41, 5.74) is 6.25. The number of nitrogens with one attached hydrogen (secondary N) is 2. The topological polar surface area (TPSA) is 44.4 Å². The molecule has 0 aliphatic rings. The van der Waals surface area contributed by atoms with Crippen LogP contribution < -0.4 is 10.9 Å². The molecule has 0 rings (SSSR count). The molecule has 1 amide bonds. The first-order valence-corrected chi connectivity index (χ1v) is 12.5. The molecule has 0 aromatic rings. The van der Waals surface area contributed by atoms with Crippen molar-refractivity contribution in [2.24, 2.45) is 5.92 Å². The van der Waals surface area contributed by atoms with Crippen molar-refractivity contribution in [1.82, 2.24) is 16.0 Å². The molecular weight excluding hydrogens is 346 g/mol. The predicted molar refractivity (Wildman–Crippen MR) is 123 cm³/mol. The van der Waals surface area contributed by atoms with Crippen molar-refractivity contribution in [3.63, 3.8) is 0 Å². The average molecular weight is 398 g/mol. The number of hydrogen-bond donors (Lipinski definition) is 2. The zero-order chi connectivity index (χ0) is 20.9. The van der Waals surface area contributed by atoms with Crippen LogP contribution in [0.2, 0.25) is 0 Å². The monoisotopic (exact) mass is 397 g/mol. The molecule has 0 spiro atoms. The van der Waals surface area contributed by atoms with Crippen LogP contribution >= 0.6 is 0 Å². The van der Waals surface area contributed by atoms with E-state index in [0.717, 1.165) is 25.9 Å². The van der Waals surface area contributed by atoms with Crippen molar-refractivity contribution in [2.45, 2.75) is 130 Å². The molecular formula is C24H51N3O. The number of unbranched alkanes of at least 4 members (excludes halogenated alkanes) is 13. The number of rotatable bonds is 21. The third-order valence-corrected chi connectivity index (χ3v) is 5.60. The van der Waals surface area contributed by atoms with Gasteiger partial charge in [-0.2, -0.15) is 0 Å². The zero-order valence-electron chi connectivity index (χ0n) is 19.7. The predicted octanol–water partition coefficient (Wildman–Crippen LogP) is 6.76. The fourth-order valence-electron chi connectivity index (χ4n) is 3.80. The van der Waals surface area contributed by atoms with Crippen LogP contribution in [0.4, 0.5) is 0 Å². The SMILES string of the molecule is CCCCCCCCCCCCCCCCC(CC)C(=O)N(NCC)NCC. The Morgan fingerprint density at radius 2 is 1.04 bits per heavy atom. The summed E-state index contributed by atoms with van der Waals surface area (Å²) < 4.78 is 0. The van der Waals surface area contributed by atoms with Crippen molar-refractivity contribution >= 4 is 5.91 Å². The first kappa shape index (κ1) is 27.4. The normalized spacial score (nSPS) is 12.3. The van der Waals surface area contributed by atoms with E-state index in [9.17, 15) is 4.79 Å². The minimum absolute atomic E-state index is 0.135. The standard InChI is InChI=1S/C24H51N3O/c1-5-9-10-11-12-13-14-15-16-17-18-19-20-21-22-23(6-2)24(28)27(25-7-3)26-8-4/h23,25-26H,5-22H2,1-4H3. The summed E-state index contributed by atoms with van der Waals surface area (Å²) in [6.07, 6.45) is 21.2. The molecule has 0 fully saturated rings. The fraction of sp³-hybridized carbons (Fsp3) is 0.958. The lowest BCUT2D eigenvalue weighted by Gasteiger charge is -2.27. The van der Waals surface area contributed by atoms with Gasteiger partial charge in [-0.1, -0.05) is 118 Å². The van der Waals surface area contributed by atoms with Gasteiger partial charge in [-0.25, -0.2) is 16.0 Å². The second kappa shape index (κ2) is 21.1. The van der Waals surface area contributed by atoms with Crippen molar-refractivity contribution in [2.75, 3.05) is 13.1 Å². The summed E-state index contributed by atoms with van der Waals surface area (Å²) in [5, 5.41) is 1.61. The molecule has 4 nitrogen and oxygen atoms in total. The van der Waals surface area contributed by atoms with E-state index in [1.165, 1.54) is 89.9 Å². The lowest BCUT2D eigenvalue weighted by atomic mass is 9.97. The van der Waals surface area contributed by atoms with Crippen molar-refractivity contribution in [3.8, 4) is 0 Å². The largest absolute Gasteiger partial charge is 0.272 e. The third-order valence-electron chi connectivity index (χ3n) is 5.60. The minimum Gasteiger partial charge on any atom is -0.272 e. The number of carbonyl (C=O) groups excluding carboxylic acids is 1. The van der Waals surface area contributed by atoms with Crippen LogP contribution in [0, 0.1) is 5.92 Å². The van der Waals surface area contributed by atoms with Gasteiger partial charge in [0.15, 0.2) is 0 Å². The molecule has 0 saturated carbocycles. The molecule has 1 unspecified atom stereocenters. The number of nitrogens with zero attached hydrogens (tertiary/aromatic N) is 1. The highest BCUT2D eigenvalue weighted by molar-refractivity contribution is 5.77. The third kappa shape index (κ3) is 15.3. The number of hydrogen-bond acceptors (Lipinski definition) is 3. The first-order chi connectivity index (χ1) is 13.7. The van der Waals surface area contributed by atoms with Crippen LogP contribution in [0.5, 0.6) is 0 Å². The van der Waals surface area contributed by atoms with Gasteiger partial charge in [0.1, 0.15) is 0 Å². The average Bonchev–Trinajstić information content (AvgIpc) is 2.70. The van der Waals surface area contributed by atoms with E-state index >= 15 is 0 Å². The van der Waals surface area contributed by atoms with E-state index in [4.69, 9.17) is 0 Å². The molecule has 1 atom stereocenters. The molecule has 0 aliphatic heterocycles. The molecule has 0 heterocycles. The summed E-state index contributed by atoms with van der Waals surface area (Å²) in [5.74, 6) is 0.330. The molecule has 168 valence electrons. The van der Waals surface area contributed by atoms with E-state index in [-0.39, 0.29) is 11.8 Å². The lowest BCUT2D eigenvalue weighted by Crippen LogP contribution is -2.53. The molecule has 28 heavy (non-hydrogen) atoms. The Kier molecular flexibility index (Phi) is 20.6. The van der Waals surface area contributed by atoms with Crippen molar-refractivity contribution < 1.29 is 4.79 Å². The number of amides is 1. The molecule has 2 N–H and O–H groups in total. The Balaban J connectivity index is 3.60. The summed E-state index contributed by atoms with van der Waals surface area (Å²) in [6.45, 7) is 9.97. The van der Waals surface area contributed by atoms with Gasteiger partial charge in [-0.3, -0.25) is 4.79 Å². The van der Waals surface area contributed by atoms with Crippen LogP contribution in [0.1, 0.15) is 130 Å². The number of hydrazine groups is 2. The smallest absolute Gasteiger partial charge is 0.254 e. The van der Waals surface area contributed by atoms with E-state index in [1.54, 1.807) is 5.12 Å². The van der Waals surface area contributed by atoms with E-state index in [1.807, 2.05) is 13.8 Å². The molecule has 0 saturated heterocycles. The van der Waals surface area contributed by atoms with Crippen LogP contribution in [-0.2, 0) is 4.79 Å². The molecule has 0 aromatic carbocycles. The maximum absolute atomic E-state index is 12.6. The Hall–Kier alpha value is -0.610. The molecule has 0 aliphatic carbocycles. The summed E-state index contributed by atoms with van der Waals surface area (Å²) in [4.78, 5) is 12.6. The van der Waals surface area contributed by atoms with E-state index in [2.05, 4.69) is 24.7 Å². The first-order valence-electron chi connectivity index (χ1n) is 12.5. The van der Waals surface area contributed by atoms with Crippen LogP contribution in [-0.4, -0.2) is 24.1 Å². The molecule has 0 radical (unpaired) electrons. The second-order valence-electron chi connectivity index (χ2n) is 8.19.